The molecule has 21 heavy (non-hydrogen) atoms. The molecule has 1 N–H and O–H groups in total. The summed E-state index contributed by atoms with van der Waals surface area (Å²) >= 11 is 3.63. The number of benzene rings is 1. The molecule has 0 bridgehead atoms. The normalized spacial score (nSPS) is 10.7. The smallest absolute Gasteiger partial charge is 0.161 e. The van der Waals surface area contributed by atoms with E-state index < -0.39 is 0 Å². The fourth-order valence-corrected chi connectivity index (χ4v) is 2.93. The fraction of sp³-hybridized carbons (Fsp3) is 0.412. The maximum atomic E-state index is 4.76. The van der Waals surface area contributed by atoms with Gasteiger partial charge in [0.2, 0.25) is 0 Å². The number of nitrogens with zero attached hydrogens (tertiary/aromatic N) is 2. The van der Waals surface area contributed by atoms with Crippen molar-refractivity contribution in [1.29, 1.82) is 0 Å². The lowest BCUT2D eigenvalue weighted by Crippen LogP contribution is -2.06. The van der Waals surface area contributed by atoms with Crippen LogP contribution in [-0.4, -0.2) is 16.5 Å². The summed E-state index contributed by atoms with van der Waals surface area (Å²) in [6.45, 7) is 9.29. The van der Waals surface area contributed by atoms with E-state index in [1.807, 2.05) is 0 Å². The summed E-state index contributed by atoms with van der Waals surface area (Å²) in [5, 5.41) is 3.32. The standard InChI is InChI=1S/C17H22BrN3/c1-5-7-14-15(18)17(19-6-2)21-16(20-14)13-9-11(3)8-12(4)10-13/h8-10H,5-7H2,1-4H3,(H,19,20,21). The first-order valence-electron chi connectivity index (χ1n) is 7.44. The molecule has 0 unspecified atom stereocenters. The monoisotopic (exact) mass is 347 g/mol. The highest BCUT2D eigenvalue weighted by molar-refractivity contribution is 9.10. The third kappa shape index (κ3) is 3.82. The molecule has 0 amide bonds. The van der Waals surface area contributed by atoms with E-state index in [-0.39, 0.29) is 0 Å². The van der Waals surface area contributed by atoms with E-state index in [2.05, 4.69) is 72.1 Å². The van der Waals surface area contributed by atoms with Crippen molar-refractivity contribution in [2.24, 2.45) is 0 Å². The summed E-state index contributed by atoms with van der Waals surface area (Å²) in [6.07, 6.45) is 2.01. The molecule has 0 aliphatic rings. The number of rotatable bonds is 5. The lowest BCUT2D eigenvalue weighted by molar-refractivity contribution is 0.867. The van der Waals surface area contributed by atoms with Gasteiger partial charge < -0.3 is 5.32 Å². The van der Waals surface area contributed by atoms with Crippen molar-refractivity contribution in [2.45, 2.75) is 40.5 Å². The van der Waals surface area contributed by atoms with E-state index in [1.54, 1.807) is 0 Å². The zero-order chi connectivity index (χ0) is 15.4. The molecule has 4 heteroatoms. The van der Waals surface area contributed by atoms with E-state index in [0.717, 1.165) is 46.8 Å². The van der Waals surface area contributed by atoms with Crippen LogP contribution in [0, 0.1) is 13.8 Å². The van der Waals surface area contributed by atoms with Crippen molar-refractivity contribution >= 4 is 21.7 Å². The summed E-state index contributed by atoms with van der Waals surface area (Å²) < 4.78 is 0.985. The van der Waals surface area contributed by atoms with E-state index in [1.165, 1.54) is 11.1 Å². The predicted molar refractivity (Wildman–Crippen MR) is 92.8 cm³/mol. The molecule has 1 aromatic carbocycles. The van der Waals surface area contributed by atoms with Gasteiger partial charge in [0, 0.05) is 12.1 Å². The largest absolute Gasteiger partial charge is 0.369 e. The molecule has 0 aliphatic carbocycles. The molecule has 0 spiro atoms. The van der Waals surface area contributed by atoms with Crippen molar-refractivity contribution in [1.82, 2.24) is 9.97 Å². The average Bonchev–Trinajstić information content (AvgIpc) is 2.42. The van der Waals surface area contributed by atoms with E-state index >= 15 is 0 Å². The molecule has 0 fully saturated rings. The second-order valence-corrected chi connectivity index (χ2v) is 6.11. The van der Waals surface area contributed by atoms with Gasteiger partial charge in [-0.15, -0.1) is 0 Å². The molecule has 1 heterocycles. The first-order valence-corrected chi connectivity index (χ1v) is 8.23. The number of aryl methyl sites for hydroxylation is 3. The summed E-state index contributed by atoms with van der Waals surface area (Å²) in [5.41, 5.74) is 4.62. The molecule has 1 aromatic heterocycles. The summed E-state index contributed by atoms with van der Waals surface area (Å²) in [6, 6.07) is 6.45. The van der Waals surface area contributed by atoms with Crippen LogP contribution in [0.2, 0.25) is 0 Å². The van der Waals surface area contributed by atoms with Gasteiger partial charge in [0.1, 0.15) is 5.82 Å². The number of nitrogens with one attached hydrogen (secondary N) is 1. The minimum atomic E-state index is 0.796. The number of hydrogen-bond donors (Lipinski definition) is 1. The van der Waals surface area contributed by atoms with Crippen LogP contribution in [0.25, 0.3) is 11.4 Å². The van der Waals surface area contributed by atoms with Crippen molar-refractivity contribution in [2.75, 3.05) is 11.9 Å². The predicted octanol–water partition coefficient (Wildman–Crippen LogP) is 4.91. The first-order chi connectivity index (χ1) is 10.0. The van der Waals surface area contributed by atoms with E-state index in [9.17, 15) is 0 Å². The zero-order valence-corrected chi connectivity index (χ0v) is 14.7. The highest BCUT2D eigenvalue weighted by Crippen LogP contribution is 2.28. The van der Waals surface area contributed by atoms with Crippen LogP contribution in [0.1, 0.15) is 37.1 Å². The molecular formula is C17H22BrN3. The topological polar surface area (TPSA) is 37.8 Å². The van der Waals surface area contributed by atoms with Gasteiger partial charge in [-0.25, -0.2) is 9.97 Å². The van der Waals surface area contributed by atoms with Gasteiger partial charge >= 0.3 is 0 Å². The van der Waals surface area contributed by atoms with Crippen LogP contribution in [0.15, 0.2) is 22.7 Å². The number of halogens is 1. The van der Waals surface area contributed by atoms with Crippen molar-refractivity contribution in [3.63, 3.8) is 0 Å². The van der Waals surface area contributed by atoms with Crippen LogP contribution in [0.4, 0.5) is 5.82 Å². The van der Waals surface area contributed by atoms with Gasteiger partial charge in [-0.3, -0.25) is 0 Å². The van der Waals surface area contributed by atoms with E-state index in [4.69, 9.17) is 4.98 Å². The molecule has 2 aromatic rings. The third-order valence-corrected chi connectivity index (χ3v) is 4.06. The Morgan fingerprint density at radius 2 is 1.71 bits per heavy atom. The van der Waals surface area contributed by atoms with Gasteiger partial charge in [0.15, 0.2) is 5.82 Å². The van der Waals surface area contributed by atoms with Crippen LogP contribution >= 0.6 is 15.9 Å². The lowest BCUT2D eigenvalue weighted by atomic mass is 10.1. The van der Waals surface area contributed by atoms with Crippen LogP contribution < -0.4 is 5.32 Å². The quantitative estimate of drug-likeness (QED) is 0.834. The average molecular weight is 348 g/mol. The molecule has 0 aliphatic heterocycles. The maximum absolute atomic E-state index is 4.76. The van der Waals surface area contributed by atoms with Gasteiger partial charge in [-0.05, 0) is 55.3 Å². The molecule has 112 valence electrons. The Bertz CT molecular complexity index is 591. The first kappa shape index (κ1) is 16.0. The minimum Gasteiger partial charge on any atom is -0.369 e. The Balaban J connectivity index is 2.56. The van der Waals surface area contributed by atoms with Crippen molar-refractivity contribution in [3.8, 4) is 11.4 Å². The Morgan fingerprint density at radius 1 is 1.05 bits per heavy atom. The Labute approximate surface area is 135 Å². The SMILES string of the molecule is CCCc1nc(-c2cc(C)cc(C)c2)nc(NCC)c1Br. The van der Waals surface area contributed by atoms with Crippen molar-refractivity contribution < 1.29 is 0 Å². The second-order valence-electron chi connectivity index (χ2n) is 5.31. The highest BCUT2D eigenvalue weighted by Gasteiger charge is 2.13. The van der Waals surface area contributed by atoms with Crippen LogP contribution in [-0.2, 0) is 6.42 Å². The molecular weight excluding hydrogens is 326 g/mol. The summed E-state index contributed by atoms with van der Waals surface area (Å²) in [5.74, 6) is 1.68. The van der Waals surface area contributed by atoms with Gasteiger partial charge in [0.25, 0.3) is 0 Å². The zero-order valence-electron chi connectivity index (χ0n) is 13.1. The molecule has 0 atom stereocenters. The van der Waals surface area contributed by atoms with Gasteiger partial charge in [0.05, 0.1) is 10.2 Å². The molecule has 0 saturated heterocycles. The lowest BCUT2D eigenvalue weighted by Gasteiger charge is -2.12. The third-order valence-electron chi connectivity index (χ3n) is 3.23. The summed E-state index contributed by atoms with van der Waals surface area (Å²) in [4.78, 5) is 9.45. The van der Waals surface area contributed by atoms with Crippen LogP contribution in [0.5, 0.6) is 0 Å². The van der Waals surface area contributed by atoms with Gasteiger partial charge in [-0.1, -0.05) is 30.5 Å². The second kappa shape index (κ2) is 7.03. The Hall–Kier alpha value is -1.42. The number of aromatic nitrogens is 2. The van der Waals surface area contributed by atoms with E-state index in [0.29, 0.717) is 0 Å². The molecule has 0 saturated carbocycles. The number of anilines is 1. The Kier molecular flexibility index (Phi) is 5.34. The summed E-state index contributed by atoms with van der Waals surface area (Å²) in [7, 11) is 0. The van der Waals surface area contributed by atoms with Crippen molar-refractivity contribution in [3.05, 3.63) is 39.5 Å². The van der Waals surface area contributed by atoms with Gasteiger partial charge in [-0.2, -0.15) is 0 Å². The number of hydrogen-bond acceptors (Lipinski definition) is 3. The Morgan fingerprint density at radius 3 is 2.29 bits per heavy atom. The molecule has 0 radical (unpaired) electrons. The van der Waals surface area contributed by atoms with Crippen LogP contribution in [0.3, 0.4) is 0 Å². The maximum Gasteiger partial charge on any atom is 0.161 e. The fourth-order valence-electron chi connectivity index (χ4n) is 2.41. The minimum absolute atomic E-state index is 0.796. The molecule has 2 rings (SSSR count). The molecule has 3 nitrogen and oxygen atoms in total. The highest BCUT2D eigenvalue weighted by atomic mass is 79.9.